The van der Waals surface area contributed by atoms with Crippen LogP contribution in [0.3, 0.4) is 0 Å². The van der Waals surface area contributed by atoms with E-state index in [1.165, 1.54) is 13.1 Å². The topological polar surface area (TPSA) is 108 Å². The van der Waals surface area contributed by atoms with Crippen LogP contribution in [0.5, 0.6) is 0 Å². The molecule has 2 heterocycles. The Labute approximate surface area is 175 Å². The van der Waals surface area contributed by atoms with Crippen molar-refractivity contribution in [1.29, 1.82) is 0 Å². The van der Waals surface area contributed by atoms with Crippen LogP contribution in [0.1, 0.15) is 58.5 Å². The lowest BCUT2D eigenvalue weighted by molar-refractivity contribution is 0.0948. The Kier molecular flexibility index (Phi) is 6.47. The highest BCUT2D eigenvalue weighted by Crippen LogP contribution is 2.36. The number of nitrogens with zero attached hydrogens (tertiary/aromatic N) is 2. The fourth-order valence-electron chi connectivity index (χ4n) is 3.42. The summed E-state index contributed by atoms with van der Waals surface area (Å²) in [5.41, 5.74) is 2.58. The van der Waals surface area contributed by atoms with Gasteiger partial charge in [-0.05, 0) is 49.8 Å². The second kappa shape index (κ2) is 9.04. The molecular weight excluding hydrogens is 382 g/mol. The molecule has 8 nitrogen and oxygen atoms in total. The lowest BCUT2D eigenvalue weighted by Crippen LogP contribution is -2.28. The molecule has 3 atom stereocenters. The molecule has 1 aliphatic carbocycles. The first-order valence-corrected chi connectivity index (χ1v) is 9.81. The van der Waals surface area contributed by atoms with E-state index in [0.717, 1.165) is 17.6 Å². The quantitative estimate of drug-likeness (QED) is 0.582. The van der Waals surface area contributed by atoms with Gasteiger partial charge in [0.05, 0.1) is 5.69 Å². The Hall–Kier alpha value is -3.26. The molecule has 0 bridgehead atoms. The Bertz CT molecular complexity index is 994. The summed E-state index contributed by atoms with van der Waals surface area (Å²) >= 11 is 0. The molecule has 2 amide bonds. The molecule has 3 rings (SSSR count). The van der Waals surface area contributed by atoms with E-state index in [1.54, 1.807) is 19.4 Å². The molecule has 0 radical (unpaired) electrons. The van der Waals surface area contributed by atoms with Crippen molar-refractivity contribution in [2.24, 2.45) is 10.9 Å². The number of aromatic amines is 1. The number of hydrogen-bond donors (Lipinski definition) is 3. The maximum Gasteiger partial charge on any atom is 0.269 e. The third kappa shape index (κ3) is 4.33. The largest absolute Gasteiger partial charge is 0.370 e. The maximum atomic E-state index is 12.8. The van der Waals surface area contributed by atoms with Gasteiger partial charge in [-0.15, -0.1) is 0 Å². The van der Waals surface area contributed by atoms with Gasteiger partial charge in [0, 0.05) is 37.5 Å². The number of rotatable bonds is 8. The van der Waals surface area contributed by atoms with Crippen LogP contribution in [-0.4, -0.2) is 48.7 Å². The summed E-state index contributed by atoms with van der Waals surface area (Å²) in [5, 5.41) is 5.56. The second-order valence-corrected chi connectivity index (χ2v) is 7.30. The predicted molar refractivity (Wildman–Crippen MR) is 116 cm³/mol. The van der Waals surface area contributed by atoms with Gasteiger partial charge in [0.15, 0.2) is 0 Å². The zero-order valence-corrected chi connectivity index (χ0v) is 17.7. The van der Waals surface area contributed by atoms with Crippen molar-refractivity contribution in [2.75, 3.05) is 14.2 Å². The van der Waals surface area contributed by atoms with Gasteiger partial charge in [-0.2, -0.15) is 0 Å². The van der Waals surface area contributed by atoms with Crippen LogP contribution in [-0.2, 0) is 4.74 Å². The summed E-state index contributed by atoms with van der Waals surface area (Å²) in [6.45, 7) is 7.56. The van der Waals surface area contributed by atoms with Gasteiger partial charge in [-0.25, -0.2) is 9.98 Å². The van der Waals surface area contributed by atoms with Gasteiger partial charge >= 0.3 is 0 Å². The summed E-state index contributed by atoms with van der Waals surface area (Å²) in [6, 6.07) is 5.21. The summed E-state index contributed by atoms with van der Waals surface area (Å²) in [6.07, 6.45) is 4.01. The number of nitrogens with one attached hydrogen (secondary N) is 3. The summed E-state index contributed by atoms with van der Waals surface area (Å²) in [4.78, 5) is 36.6. The standard InChI is InChI=1S/C22H27N5O3/c1-6-14(15-7-8-25-20(15)23-3)19(30-5)17-10-13(11-18(26-17)22(29)24-4)21(28)27-16-9-12(16)2/h6-8,10-12,16,19,25H,3,9H2,1-2,4-5H3,(H,24,29)(H,27,28)/b14-6+/t12-,16-,19?/m0/s1. The first-order valence-electron chi connectivity index (χ1n) is 9.81. The van der Waals surface area contributed by atoms with E-state index in [1.807, 2.05) is 19.1 Å². The number of carbonyl (C=O) groups excluding carboxylic acids is 2. The number of amides is 2. The highest BCUT2D eigenvalue weighted by molar-refractivity contribution is 5.99. The Morgan fingerprint density at radius 2 is 2.13 bits per heavy atom. The van der Waals surface area contributed by atoms with Crippen molar-refractivity contribution in [1.82, 2.24) is 20.6 Å². The minimum atomic E-state index is -0.609. The molecule has 1 fully saturated rings. The molecule has 1 unspecified atom stereocenters. The normalized spacial score (nSPS) is 19.1. The Morgan fingerprint density at radius 1 is 1.40 bits per heavy atom. The summed E-state index contributed by atoms with van der Waals surface area (Å²) in [5.74, 6) is 0.463. The number of ether oxygens (including phenoxy) is 1. The van der Waals surface area contributed by atoms with Crippen LogP contribution in [0, 0.1) is 5.92 Å². The molecule has 2 aromatic rings. The van der Waals surface area contributed by atoms with Crippen LogP contribution >= 0.6 is 0 Å². The molecule has 0 saturated heterocycles. The summed E-state index contributed by atoms with van der Waals surface area (Å²) < 4.78 is 5.76. The molecule has 1 aliphatic rings. The number of H-pyrrole nitrogens is 1. The fourth-order valence-corrected chi connectivity index (χ4v) is 3.42. The third-order valence-electron chi connectivity index (χ3n) is 5.29. The highest BCUT2D eigenvalue weighted by atomic mass is 16.5. The number of aromatic nitrogens is 2. The van der Waals surface area contributed by atoms with Crippen molar-refractivity contribution in [3.05, 3.63) is 53.0 Å². The van der Waals surface area contributed by atoms with Crippen LogP contribution in [0.15, 0.2) is 35.5 Å². The van der Waals surface area contributed by atoms with Gasteiger partial charge in [0.25, 0.3) is 11.8 Å². The molecule has 158 valence electrons. The van der Waals surface area contributed by atoms with Crippen molar-refractivity contribution in [3.8, 4) is 0 Å². The number of allylic oxidation sites excluding steroid dienone is 1. The third-order valence-corrected chi connectivity index (χ3v) is 5.29. The second-order valence-electron chi connectivity index (χ2n) is 7.30. The number of hydrogen-bond acceptors (Lipinski definition) is 5. The smallest absolute Gasteiger partial charge is 0.269 e. The Morgan fingerprint density at radius 3 is 2.70 bits per heavy atom. The van der Waals surface area contributed by atoms with E-state index in [-0.39, 0.29) is 23.6 Å². The minimum Gasteiger partial charge on any atom is -0.370 e. The monoisotopic (exact) mass is 409 g/mol. The Balaban J connectivity index is 2.04. The average molecular weight is 409 g/mol. The summed E-state index contributed by atoms with van der Waals surface area (Å²) in [7, 11) is 3.08. The molecule has 1 saturated carbocycles. The van der Waals surface area contributed by atoms with Crippen LogP contribution in [0.25, 0.3) is 5.57 Å². The van der Waals surface area contributed by atoms with E-state index in [4.69, 9.17) is 4.74 Å². The fraction of sp³-hybridized carbons (Fsp3) is 0.364. The van der Waals surface area contributed by atoms with Crippen molar-refractivity contribution < 1.29 is 14.3 Å². The zero-order chi connectivity index (χ0) is 21.8. The predicted octanol–water partition coefficient (Wildman–Crippen LogP) is 3.03. The van der Waals surface area contributed by atoms with Crippen LogP contribution in [0.2, 0.25) is 0 Å². The van der Waals surface area contributed by atoms with E-state index < -0.39 is 6.10 Å². The average Bonchev–Trinajstić information content (AvgIpc) is 3.25. The van der Waals surface area contributed by atoms with Gasteiger partial charge in [-0.1, -0.05) is 13.0 Å². The lowest BCUT2D eigenvalue weighted by atomic mass is 9.97. The van der Waals surface area contributed by atoms with Crippen LogP contribution in [0.4, 0.5) is 5.82 Å². The highest BCUT2D eigenvalue weighted by Gasteiger charge is 2.34. The first kappa shape index (κ1) is 21.4. The molecule has 0 aromatic carbocycles. The first-order chi connectivity index (χ1) is 14.4. The van der Waals surface area contributed by atoms with Crippen molar-refractivity contribution in [2.45, 2.75) is 32.4 Å². The van der Waals surface area contributed by atoms with Gasteiger partial charge in [0.2, 0.25) is 0 Å². The molecule has 8 heteroatoms. The van der Waals surface area contributed by atoms with Crippen LogP contribution < -0.4 is 10.6 Å². The zero-order valence-electron chi connectivity index (χ0n) is 17.7. The van der Waals surface area contributed by atoms with Gasteiger partial charge < -0.3 is 20.4 Å². The van der Waals surface area contributed by atoms with Crippen molar-refractivity contribution >= 4 is 29.9 Å². The van der Waals surface area contributed by atoms with E-state index in [9.17, 15) is 9.59 Å². The molecule has 0 aliphatic heterocycles. The van der Waals surface area contributed by atoms with Gasteiger partial charge in [0.1, 0.15) is 17.6 Å². The SMILES string of the molecule is C=Nc1[nH]ccc1/C(=C\C)C(OC)c1cc(C(=O)N[C@H]2C[C@@H]2C)cc(C(=O)NC)n1. The molecule has 2 aromatic heterocycles. The van der Waals surface area contributed by atoms with E-state index in [0.29, 0.717) is 23.0 Å². The number of aliphatic imine (C=N–C) groups is 1. The molecular formula is C22H27N5O3. The van der Waals surface area contributed by atoms with Crippen molar-refractivity contribution in [3.63, 3.8) is 0 Å². The van der Waals surface area contributed by atoms with E-state index >= 15 is 0 Å². The number of carbonyl (C=O) groups is 2. The number of methoxy groups -OCH3 is 1. The van der Waals surface area contributed by atoms with E-state index in [2.05, 4.69) is 39.2 Å². The maximum absolute atomic E-state index is 12.8. The van der Waals surface area contributed by atoms with Gasteiger partial charge in [-0.3, -0.25) is 9.59 Å². The molecule has 3 N–H and O–H groups in total. The lowest BCUT2D eigenvalue weighted by Gasteiger charge is -2.20. The minimum absolute atomic E-state index is 0.151. The molecule has 30 heavy (non-hydrogen) atoms. The number of pyridine rings is 1. The molecule has 0 spiro atoms.